The predicted molar refractivity (Wildman–Crippen MR) is 161 cm³/mol. The van der Waals surface area contributed by atoms with Gasteiger partial charge in [0, 0.05) is 0 Å². The van der Waals surface area contributed by atoms with E-state index in [4.69, 9.17) is 0 Å². The molecule has 2 aliphatic rings. The van der Waals surface area contributed by atoms with Crippen LogP contribution in [-0.4, -0.2) is 0 Å². The van der Waals surface area contributed by atoms with Gasteiger partial charge in [-0.25, -0.2) is 0 Å². The number of benzene rings is 4. The fourth-order valence-electron chi connectivity index (χ4n) is 6.57. The summed E-state index contributed by atoms with van der Waals surface area (Å²) < 4.78 is 0. The zero-order valence-corrected chi connectivity index (χ0v) is 24.2. The second-order valence-corrected chi connectivity index (χ2v) is 12.5. The Morgan fingerprint density at radius 3 is 1.62 bits per heavy atom. The van der Waals surface area contributed by atoms with Crippen LogP contribution in [0.15, 0.2) is 78.9 Å². The van der Waals surface area contributed by atoms with Crippen LogP contribution in [0.3, 0.4) is 0 Å². The molecule has 4 aromatic rings. The molecule has 0 aliphatic heterocycles. The number of rotatable bonds is 1. The quantitative estimate of drug-likeness (QED) is 0.217. The van der Waals surface area contributed by atoms with Crippen LogP contribution in [0.5, 0.6) is 0 Å². The normalized spacial score (nSPS) is 14.4. The van der Waals surface area contributed by atoms with Crippen molar-refractivity contribution in [1.82, 2.24) is 0 Å². The van der Waals surface area contributed by atoms with Gasteiger partial charge in [-0.2, -0.15) is 0 Å². The number of aryl methyl sites for hydroxylation is 1. The van der Waals surface area contributed by atoms with Gasteiger partial charge in [0.25, 0.3) is 0 Å². The minimum absolute atomic E-state index is 0.0143. The molecule has 6 rings (SSSR count). The highest BCUT2D eigenvalue weighted by Gasteiger charge is 2.53. The van der Waals surface area contributed by atoms with E-state index in [-0.39, 0.29) is 16.2 Å². The van der Waals surface area contributed by atoms with Crippen LogP contribution < -0.4 is 0 Å². The van der Waals surface area contributed by atoms with Gasteiger partial charge in [-0.15, -0.1) is 0 Å². The average molecular weight is 487 g/mol. The van der Waals surface area contributed by atoms with Crippen LogP contribution >= 0.6 is 0 Å². The lowest BCUT2D eigenvalue weighted by atomic mass is 9.65. The highest BCUT2D eigenvalue weighted by molar-refractivity contribution is 5.96. The molecule has 190 valence electrons. The molecule has 1 spiro atoms. The molecule has 2 aliphatic carbocycles. The topological polar surface area (TPSA) is 0 Å². The Morgan fingerprint density at radius 1 is 0.568 bits per heavy atom. The third-order valence-corrected chi connectivity index (χ3v) is 8.33. The number of hydrogen-bond acceptors (Lipinski definition) is 0. The SMILES string of the molecule is CC.CCc1ccc2c(c1)C1(c3ccccc3-c3ccccc31)c1c-2cc(C(C)(C)C)cc1C(C)(C)C. The number of fused-ring (bicyclic) bond motifs is 10. The van der Waals surface area contributed by atoms with Gasteiger partial charge < -0.3 is 0 Å². The molecule has 4 aromatic carbocycles. The van der Waals surface area contributed by atoms with Crippen molar-refractivity contribution in [2.75, 3.05) is 0 Å². The standard InChI is InChI=1S/C35H36.C2H6/c1-8-22-17-18-26-27-20-23(33(2,3)4)21-31(34(5,6)7)32(27)35(30(26)19-22)28-15-11-9-13-24(28)25-14-10-12-16-29(25)35;1-2/h9-21H,8H2,1-7H3;1-2H3. The first-order chi connectivity index (χ1) is 17.6. The van der Waals surface area contributed by atoms with Crippen LogP contribution in [0.2, 0.25) is 0 Å². The van der Waals surface area contributed by atoms with Crippen molar-refractivity contribution < 1.29 is 0 Å². The first-order valence-electron chi connectivity index (χ1n) is 14.1. The molecule has 0 fully saturated rings. The third-order valence-electron chi connectivity index (χ3n) is 8.33. The highest BCUT2D eigenvalue weighted by Crippen LogP contribution is 2.64. The van der Waals surface area contributed by atoms with Crippen LogP contribution in [0.1, 0.15) is 101 Å². The highest BCUT2D eigenvalue weighted by atomic mass is 14.5. The largest absolute Gasteiger partial charge is 0.0728 e. The summed E-state index contributed by atoms with van der Waals surface area (Å²) in [6, 6.07) is 30.6. The van der Waals surface area contributed by atoms with E-state index in [2.05, 4.69) is 127 Å². The van der Waals surface area contributed by atoms with Gasteiger partial charge in [-0.05, 0) is 78.4 Å². The lowest BCUT2D eigenvalue weighted by molar-refractivity contribution is 0.558. The van der Waals surface area contributed by atoms with E-state index in [0.717, 1.165) is 6.42 Å². The smallest absolute Gasteiger partial charge is 0.0683 e. The first kappa shape index (κ1) is 25.5. The predicted octanol–water partition coefficient (Wildman–Crippen LogP) is 10.2. The van der Waals surface area contributed by atoms with Crippen LogP contribution in [-0.2, 0) is 22.7 Å². The van der Waals surface area contributed by atoms with Gasteiger partial charge in [0.05, 0.1) is 5.41 Å². The summed E-state index contributed by atoms with van der Waals surface area (Å²) in [5, 5.41) is 0. The first-order valence-corrected chi connectivity index (χ1v) is 14.1. The van der Waals surface area contributed by atoms with Gasteiger partial charge in [-0.1, -0.05) is 141 Å². The monoisotopic (exact) mass is 486 g/mol. The minimum Gasteiger partial charge on any atom is -0.0683 e. The third kappa shape index (κ3) is 3.56. The number of hydrogen-bond donors (Lipinski definition) is 0. The van der Waals surface area contributed by atoms with Crippen LogP contribution in [0.25, 0.3) is 22.3 Å². The van der Waals surface area contributed by atoms with E-state index in [0.29, 0.717) is 0 Å². The molecule has 0 nitrogen and oxygen atoms in total. The summed E-state index contributed by atoms with van der Waals surface area (Å²) in [6.07, 6.45) is 1.04. The van der Waals surface area contributed by atoms with Gasteiger partial charge in [0.2, 0.25) is 0 Å². The molecule has 37 heavy (non-hydrogen) atoms. The van der Waals surface area contributed by atoms with E-state index in [1.807, 2.05) is 13.8 Å². The maximum absolute atomic E-state index is 2.52. The summed E-state index contributed by atoms with van der Waals surface area (Å²) in [5.41, 5.74) is 15.5. The second kappa shape index (κ2) is 8.73. The Hall–Kier alpha value is -3.12. The van der Waals surface area contributed by atoms with E-state index in [9.17, 15) is 0 Å². The summed E-state index contributed by atoms with van der Waals surface area (Å²) >= 11 is 0. The van der Waals surface area contributed by atoms with Gasteiger partial charge >= 0.3 is 0 Å². The van der Waals surface area contributed by atoms with Crippen molar-refractivity contribution >= 4 is 0 Å². The molecular weight excluding hydrogens is 444 g/mol. The van der Waals surface area contributed by atoms with Crippen molar-refractivity contribution in [2.45, 2.75) is 85.0 Å². The minimum atomic E-state index is -0.276. The summed E-state index contributed by atoms with van der Waals surface area (Å²) in [6.45, 7) is 20.4. The summed E-state index contributed by atoms with van der Waals surface area (Å²) in [4.78, 5) is 0. The molecule has 0 unspecified atom stereocenters. The Kier molecular flexibility index (Phi) is 6.02. The molecule has 0 atom stereocenters. The van der Waals surface area contributed by atoms with E-state index < -0.39 is 0 Å². The van der Waals surface area contributed by atoms with Crippen molar-refractivity contribution in [1.29, 1.82) is 0 Å². The molecule has 0 aromatic heterocycles. The maximum atomic E-state index is 2.52. The van der Waals surface area contributed by atoms with Crippen molar-refractivity contribution in [3.05, 3.63) is 118 Å². The lowest BCUT2D eigenvalue weighted by Gasteiger charge is -2.36. The zero-order valence-electron chi connectivity index (χ0n) is 24.2. The summed E-state index contributed by atoms with van der Waals surface area (Å²) in [5.74, 6) is 0. The van der Waals surface area contributed by atoms with Crippen molar-refractivity contribution in [3.8, 4) is 22.3 Å². The second-order valence-electron chi connectivity index (χ2n) is 12.5. The molecule has 0 saturated carbocycles. The van der Waals surface area contributed by atoms with E-state index in [1.165, 1.54) is 61.2 Å². The molecule has 0 heterocycles. The molecule has 0 bridgehead atoms. The summed E-state index contributed by atoms with van der Waals surface area (Å²) in [7, 11) is 0. The van der Waals surface area contributed by atoms with Gasteiger partial charge in [-0.3, -0.25) is 0 Å². The van der Waals surface area contributed by atoms with Crippen molar-refractivity contribution in [3.63, 3.8) is 0 Å². The van der Waals surface area contributed by atoms with Crippen LogP contribution in [0.4, 0.5) is 0 Å². The zero-order chi connectivity index (χ0) is 26.8. The van der Waals surface area contributed by atoms with Gasteiger partial charge in [0.15, 0.2) is 0 Å². The fourth-order valence-corrected chi connectivity index (χ4v) is 6.57. The lowest BCUT2D eigenvalue weighted by Crippen LogP contribution is -2.30. The van der Waals surface area contributed by atoms with E-state index in [1.54, 1.807) is 0 Å². The van der Waals surface area contributed by atoms with Gasteiger partial charge in [0.1, 0.15) is 0 Å². The van der Waals surface area contributed by atoms with E-state index >= 15 is 0 Å². The molecule has 0 saturated heterocycles. The van der Waals surface area contributed by atoms with Crippen LogP contribution in [0, 0.1) is 0 Å². The Morgan fingerprint density at radius 2 is 1.11 bits per heavy atom. The fraction of sp³-hybridized carbons (Fsp3) is 0.351. The Bertz CT molecular complexity index is 1440. The Balaban J connectivity index is 0.00000137. The Labute approximate surface area is 224 Å². The molecule has 0 heteroatoms. The average Bonchev–Trinajstić information content (AvgIpc) is 3.35. The molecule has 0 N–H and O–H groups in total. The molecule has 0 amide bonds. The molecule has 0 radical (unpaired) electrons. The van der Waals surface area contributed by atoms with Crippen molar-refractivity contribution in [2.24, 2.45) is 0 Å². The molecular formula is C37H42. The maximum Gasteiger partial charge on any atom is 0.0728 e.